The molecule has 230 valence electrons. The van der Waals surface area contributed by atoms with Gasteiger partial charge in [-0.05, 0) is 44.9 Å². The standard InChI is InChI=1S/C34H65NO4/c1-3-5-7-9-11-13-15-16-17-18-19-21-23-25-27-31(37)29-34(39)35-32(30-36)33(38)28-26-24-22-20-14-12-10-8-6-4-2/h17-18,26,28,31-33,36-38H,3-16,19-25,27,29-30H2,1-2H3,(H,35,39)/b18-17-,28-26+. The van der Waals surface area contributed by atoms with E-state index in [-0.39, 0.29) is 18.9 Å². The molecule has 0 bridgehead atoms. The highest BCUT2D eigenvalue weighted by atomic mass is 16.3. The van der Waals surface area contributed by atoms with Crippen LogP contribution in [0.5, 0.6) is 0 Å². The van der Waals surface area contributed by atoms with Crippen LogP contribution in [0.3, 0.4) is 0 Å². The number of aliphatic hydroxyl groups excluding tert-OH is 3. The van der Waals surface area contributed by atoms with Crippen molar-refractivity contribution in [1.82, 2.24) is 5.32 Å². The van der Waals surface area contributed by atoms with E-state index in [4.69, 9.17) is 0 Å². The molecule has 1 amide bonds. The summed E-state index contributed by atoms with van der Waals surface area (Å²) >= 11 is 0. The Morgan fingerprint density at radius 2 is 1.08 bits per heavy atom. The summed E-state index contributed by atoms with van der Waals surface area (Å²) in [6, 6.07) is -0.743. The summed E-state index contributed by atoms with van der Waals surface area (Å²) < 4.78 is 0. The molecule has 0 aliphatic rings. The zero-order chi connectivity index (χ0) is 28.8. The number of rotatable bonds is 29. The topological polar surface area (TPSA) is 89.8 Å². The molecular weight excluding hydrogens is 486 g/mol. The highest BCUT2D eigenvalue weighted by Crippen LogP contribution is 2.12. The predicted octanol–water partition coefficient (Wildman–Crippen LogP) is 8.31. The highest BCUT2D eigenvalue weighted by molar-refractivity contribution is 5.76. The molecule has 5 nitrogen and oxygen atoms in total. The third-order valence-corrected chi connectivity index (χ3v) is 7.48. The first-order valence-corrected chi connectivity index (χ1v) is 16.6. The van der Waals surface area contributed by atoms with Gasteiger partial charge in [0.15, 0.2) is 0 Å². The Labute approximate surface area is 241 Å². The van der Waals surface area contributed by atoms with E-state index in [2.05, 4.69) is 31.3 Å². The van der Waals surface area contributed by atoms with Crippen LogP contribution in [0.1, 0.15) is 162 Å². The number of hydrogen-bond acceptors (Lipinski definition) is 4. The molecule has 3 unspecified atom stereocenters. The quantitative estimate of drug-likeness (QED) is 0.0556. The Balaban J connectivity index is 3.80. The molecule has 0 aromatic rings. The van der Waals surface area contributed by atoms with Gasteiger partial charge in [-0.3, -0.25) is 4.79 Å². The largest absolute Gasteiger partial charge is 0.394 e. The van der Waals surface area contributed by atoms with E-state index in [9.17, 15) is 20.1 Å². The van der Waals surface area contributed by atoms with E-state index in [1.165, 1.54) is 96.3 Å². The lowest BCUT2D eigenvalue weighted by Crippen LogP contribution is -2.45. The molecular formula is C34H65NO4. The van der Waals surface area contributed by atoms with Crippen LogP contribution in [0, 0.1) is 0 Å². The molecule has 39 heavy (non-hydrogen) atoms. The van der Waals surface area contributed by atoms with Gasteiger partial charge < -0.3 is 20.6 Å². The van der Waals surface area contributed by atoms with Crippen molar-refractivity contribution < 1.29 is 20.1 Å². The van der Waals surface area contributed by atoms with Gasteiger partial charge in [-0.25, -0.2) is 0 Å². The molecule has 0 rings (SSSR count). The predicted molar refractivity (Wildman–Crippen MR) is 167 cm³/mol. The number of aliphatic hydroxyl groups is 3. The minimum Gasteiger partial charge on any atom is -0.394 e. The minimum atomic E-state index is -0.927. The summed E-state index contributed by atoms with van der Waals surface area (Å²) in [5, 5.41) is 32.8. The molecule has 5 heteroatoms. The SMILES string of the molecule is CCCCCCCCC/C=C\CCCCCC(O)CC(=O)NC(CO)C(O)/C=C/CCCCCCCCCC. The van der Waals surface area contributed by atoms with E-state index < -0.39 is 18.2 Å². The summed E-state index contributed by atoms with van der Waals surface area (Å²) in [7, 11) is 0. The Kier molecular flexibility index (Phi) is 28.9. The highest BCUT2D eigenvalue weighted by Gasteiger charge is 2.20. The number of unbranched alkanes of at least 4 members (excludes halogenated alkanes) is 18. The maximum absolute atomic E-state index is 12.3. The number of amides is 1. The summed E-state index contributed by atoms with van der Waals surface area (Å²) in [6.45, 7) is 4.15. The summed E-state index contributed by atoms with van der Waals surface area (Å²) in [5.41, 5.74) is 0. The van der Waals surface area contributed by atoms with Crippen LogP contribution in [0.15, 0.2) is 24.3 Å². The second kappa shape index (κ2) is 29.8. The lowest BCUT2D eigenvalue weighted by atomic mass is 10.0. The van der Waals surface area contributed by atoms with Crippen LogP contribution >= 0.6 is 0 Å². The molecule has 4 N–H and O–H groups in total. The Morgan fingerprint density at radius 1 is 0.641 bits per heavy atom. The van der Waals surface area contributed by atoms with Crippen molar-refractivity contribution in [2.45, 2.75) is 180 Å². The average Bonchev–Trinajstić information content (AvgIpc) is 2.92. The summed E-state index contributed by atoms with van der Waals surface area (Å²) in [4.78, 5) is 12.3. The maximum Gasteiger partial charge on any atom is 0.222 e. The van der Waals surface area contributed by atoms with Crippen molar-refractivity contribution in [1.29, 1.82) is 0 Å². The van der Waals surface area contributed by atoms with Crippen molar-refractivity contribution >= 4 is 5.91 Å². The van der Waals surface area contributed by atoms with Gasteiger partial charge in [0.1, 0.15) is 0 Å². The maximum atomic E-state index is 12.3. The lowest BCUT2D eigenvalue weighted by molar-refractivity contribution is -0.124. The van der Waals surface area contributed by atoms with E-state index in [0.717, 1.165) is 38.5 Å². The molecule has 0 fully saturated rings. The number of allylic oxidation sites excluding steroid dienone is 3. The molecule has 0 aromatic heterocycles. The molecule has 0 aliphatic heterocycles. The minimum absolute atomic E-state index is 0.00351. The number of hydrogen-bond donors (Lipinski definition) is 4. The zero-order valence-corrected chi connectivity index (χ0v) is 25.8. The Bertz CT molecular complexity index is 578. The normalized spacial score (nSPS) is 14.3. The molecule has 0 saturated carbocycles. The van der Waals surface area contributed by atoms with Crippen LogP contribution in [0.2, 0.25) is 0 Å². The summed E-state index contributed by atoms with van der Waals surface area (Å²) in [6.07, 6.45) is 33.0. The summed E-state index contributed by atoms with van der Waals surface area (Å²) in [5.74, 6) is -0.328. The molecule has 3 atom stereocenters. The fourth-order valence-electron chi connectivity index (χ4n) is 4.86. The average molecular weight is 552 g/mol. The van der Waals surface area contributed by atoms with Crippen molar-refractivity contribution in [2.75, 3.05) is 6.61 Å². The van der Waals surface area contributed by atoms with Gasteiger partial charge >= 0.3 is 0 Å². The molecule has 0 aliphatic carbocycles. The van der Waals surface area contributed by atoms with E-state index in [1.54, 1.807) is 6.08 Å². The van der Waals surface area contributed by atoms with E-state index in [0.29, 0.717) is 6.42 Å². The van der Waals surface area contributed by atoms with Crippen molar-refractivity contribution in [3.8, 4) is 0 Å². The van der Waals surface area contributed by atoms with Gasteiger partial charge in [0.25, 0.3) is 0 Å². The van der Waals surface area contributed by atoms with Gasteiger partial charge in [0, 0.05) is 0 Å². The first-order chi connectivity index (χ1) is 19.0. The zero-order valence-electron chi connectivity index (χ0n) is 25.8. The number of carbonyl (C=O) groups is 1. The second-order valence-corrected chi connectivity index (χ2v) is 11.4. The van der Waals surface area contributed by atoms with Gasteiger partial charge in [-0.2, -0.15) is 0 Å². The van der Waals surface area contributed by atoms with Crippen LogP contribution in [0.4, 0.5) is 0 Å². The molecule has 0 spiro atoms. The first kappa shape index (κ1) is 37.8. The molecule has 0 radical (unpaired) electrons. The van der Waals surface area contributed by atoms with E-state index >= 15 is 0 Å². The molecule has 0 heterocycles. The van der Waals surface area contributed by atoms with Crippen molar-refractivity contribution in [3.63, 3.8) is 0 Å². The lowest BCUT2D eigenvalue weighted by Gasteiger charge is -2.21. The monoisotopic (exact) mass is 551 g/mol. The number of carbonyl (C=O) groups excluding carboxylic acids is 1. The third-order valence-electron chi connectivity index (χ3n) is 7.48. The first-order valence-electron chi connectivity index (χ1n) is 16.6. The second-order valence-electron chi connectivity index (χ2n) is 11.4. The fraction of sp³-hybridized carbons (Fsp3) is 0.853. The van der Waals surface area contributed by atoms with Crippen LogP contribution < -0.4 is 5.32 Å². The van der Waals surface area contributed by atoms with Gasteiger partial charge in [0.2, 0.25) is 5.91 Å². The third kappa shape index (κ3) is 26.8. The Morgan fingerprint density at radius 3 is 1.56 bits per heavy atom. The van der Waals surface area contributed by atoms with Gasteiger partial charge in [-0.15, -0.1) is 0 Å². The molecule has 0 aromatic carbocycles. The molecule has 0 saturated heterocycles. The van der Waals surface area contributed by atoms with E-state index in [1.807, 2.05) is 6.08 Å². The van der Waals surface area contributed by atoms with Crippen molar-refractivity contribution in [3.05, 3.63) is 24.3 Å². The fourth-order valence-corrected chi connectivity index (χ4v) is 4.86. The van der Waals surface area contributed by atoms with Crippen LogP contribution in [-0.2, 0) is 4.79 Å². The number of nitrogens with one attached hydrogen (secondary N) is 1. The Hall–Kier alpha value is -1.17. The van der Waals surface area contributed by atoms with Crippen LogP contribution in [-0.4, -0.2) is 46.1 Å². The van der Waals surface area contributed by atoms with Gasteiger partial charge in [-0.1, -0.05) is 134 Å². The van der Waals surface area contributed by atoms with Gasteiger partial charge in [0.05, 0.1) is 31.3 Å². The van der Waals surface area contributed by atoms with Crippen molar-refractivity contribution in [2.24, 2.45) is 0 Å². The van der Waals surface area contributed by atoms with Crippen LogP contribution in [0.25, 0.3) is 0 Å². The smallest absolute Gasteiger partial charge is 0.222 e.